The van der Waals surface area contributed by atoms with E-state index < -0.39 is 41.3 Å². The van der Waals surface area contributed by atoms with Gasteiger partial charge in [0.15, 0.2) is 48.3 Å². The lowest BCUT2D eigenvalue weighted by Crippen LogP contribution is -2.00. The Kier molecular flexibility index (Phi) is 35.9. The average molecular weight is 1730 g/mol. The van der Waals surface area contributed by atoms with E-state index in [9.17, 15) is 56.5 Å². The van der Waals surface area contributed by atoms with E-state index in [-0.39, 0.29) is 81.3 Å². The number of aldehydes is 1. The van der Waals surface area contributed by atoms with Crippen LogP contribution < -0.4 is 18.9 Å². The number of carbonyl (C=O) groups is 6. The summed E-state index contributed by atoms with van der Waals surface area (Å²) in [6.45, 7) is 9.20. The Balaban J connectivity index is 0.000000222. The number of aromatic carboxylic acids is 1. The molecule has 12 rings (SSSR count). The van der Waals surface area contributed by atoms with Crippen LogP contribution in [-0.4, -0.2) is 127 Å². The molecule has 0 atom stereocenters. The summed E-state index contributed by atoms with van der Waals surface area (Å²) >= 11 is 13.4. The molecule has 22 nitrogen and oxygen atoms in total. The predicted octanol–water partition coefficient (Wildman–Crippen LogP) is 17.9. The summed E-state index contributed by atoms with van der Waals surface area (Å²) in [5.41, 5.74) is 4.16. The van der Waals surface area contributed by atoms with Gasteiger partial charge in [-0.1, -0.05) is 63.7 Å². The first-order valence-electron chi connectivity index (χ1n) is 31.0. The fraction of sp³-hybridized carbons (Fsp3) is 0.211. The van der Waals surface area contributed by atoms with E-state index >= 15 is 0 Å². The summed E-state index contributed by atoms with van der Waals surface area (Å²) in [6.07, 6.45) is -0.399. The lowest BCUT2D eigenvalue weighted by molar-refractivity contribution is -0.0449. The highest BCUT2D eigenvalue weighted by Gasteiger charge is 2.24. The van der Waals surface area contributed by atoms with Crippen LogP contribution in [0.1, 0.15) is 125 Å². The number of hydrogen-bond acceptors (Lipinski definition) is 21. The SMILES string of the molecule is CC(=O)c1ccc(F)cc1O.COc1cc(F)ccc1C(C)=O.COc1cc(F)ccc1C(C)=O.COc1cc(Oc2ccc(Br)c(C3OCCO3)c2)ccc1C(C)=O.O=C(O)c1ccc(F)cc1O.O=Cc1cc(O)ccc1Br.Oc1ccc(Br)c(C2OCCO2)c1.Oc1ccc(Br)c(C2OCCO2)c1. The molecule has 3 heterocycles. The van der Waals surface area contributed by atoms with Crippen molar-refractivity contribution in [2.75, 3.05) is 61.0 Å². The molecule has 0 aromatic heterocycles. The van der Waals surface area contributed by atoms with Crippen LogP contribution >= 0.6 is 63.7 Å². The molecule has 0 amide bonds. The van der Waals surface area contributed by atoms with Crippen LogP contribution in [0, 0.1) is 23.3 Å². The van der Waals surface area contributed by atoms with Gasteiger partial charge in [-0.3, -0.25) is 24.0 Å². The minimum atomic E-state index is -1.28. The molecule has 0 unspecified atom stereocenters. The van der Waals surface area contributed by atoms with Gasteiger partial charge in [0, 0.05) is 70.5 Å². The Bertz CT molecular complexity index is 4300. The van der Waals surface area contributed by atoms with Crippen molar-refractivity contribution in [3.63, 3.8) is 0 Å². The molecule has 0 aliphatic carbocycles. The van der Waals surface area contributed by atoms with E-state index in [4.69, 9.17) is 67.8 Å². The summed E-state index contributed by atoms with van der Waals surface area (Å²) in [4.78, 5) is 64.6. The highest BCUT2D eigenvalue weighted by molar-refractivity contribution is 9.11. The van der Waals surface area contributed by atoms with Gasteiger partial charge in [0.25, 0.3) is 0 Å². The number of phenols is 5. The van der Waals surface area contributed by atoms with Crippen molar-refractivity contribution in [3.8, 4) is 57.5 Å². The maximum absolute atomic E-state index is 12.6. The second-order valence-corrected chi connectivity index (χ2v) is 25.1. The molecule has 3 aliphatic heterocycles. The van der Waals surface area contributed by atoms with Gasteiger partial charge < -0.3 is 78.0 Å². The van der Waals surface area contributed by atoms with Gasteiger partial charge in [-0.05, 0) is 161 Å². The molecule has 562 valence electrons. The minimum Gasteiger partial charge on any atom is -0.508 e. The van der Waals surface area contributed by atoms with Crippen molar-refractivity contribution in [1.82, 2.24) is 0 Å². The zero-order valence-electron chi connectivity index (χ0n) is 57.4. The Morgan fingerprint density at radius 3 is 1.01 bits per heavy atom. The van der Waals surface area contributed by atoms with Crippen LogP contribution in [0.4, 0.5) is 17.6 Å². The normalized spacial score (nSPS) is 12.7. The quantitative estimate of drug-likeness (QED) is 0.0335. The average Bonchev–Trinajstić information content (AvgIpc) is 1.29. The number of hydrogen-bond donors (Lipinski definition) is 6. The zero-order valence-corrected chi connectivity index (χ0v) is 63.7. The van der Waals surface area contributed by atoms with Crippen molar-refractivity contribution in [3.05, 3.63) is 255 Å². The monoisotopic (exact) mass is 1730 g/mol. The molecule has 0 radical (unpaired) electrons. The van der Waals surface area contributed by atoms with Crippen molar-refractivity contribution < 1.29 is 124 Å². The molecule has 6 N–H and O–H groups in total. The molecular weight excluding hydrogens is 1660 g/mol. The summed E-state index contributed by atoms with van der Waals surface area (Å²) < 4.78 is 106. The fourth-order valence-electron chi connectivity index (χ4n) is 8.99. The van der Waals surface area contributed by atoms with E-state index in [0.29, 0.717) is 89.9 Å². The third-order valence-corrected chi connectivity index (χ3v) is 17.0. The number of phenolic OH excluding ortho intramolecular Hbond substituents is 4. The molecule has 106 heavy (non-hydrogen) atoms. The number of ether oxygens (including phenoxy) is 10. The number of methoxy groups -OCH3 is 3. The standard InChI is InChI=1S/C18H17BrO5.2C9H9BrO3.2C9H9FO2.C8H7FO2.C7H5BrO2.C7H5FO3/c1-11(20)14-5-3-13(10-17(14)21-2)24-12-4-6-16(19)15(9-12)18-22-7-8-23-18;2*10-8-2-1-6(11)5-7(8)9-12-3-4-13-9;2*1-6(11)8-4-3-7(10)5-9(8)12-2;1-5(10)7-3-2-6(9)4-8(7)11;8-7-2-1-6(10)3-5(7)4-9;8-4-1-2-5(7(10)11)6(9)3-4/h3-6,9-10,18H,7-8H2,1-2H3;2*1-2,5,9,11H,3-4H2;2*3-5H,1-2H3;2-4,11H,1H3;1-4,10H;1-3,9H,(H,10,11). The number of Topliss-reactive ketones (excluding diaryl/α,β-unsaturated/α-hetero) is 4. The maximum atomic E-state index is 12.6. The topological polar surface area (TPSA) is 316 Å². The van der Waals surface area contributed by atoms with Crippen LogP contribution in [-0.2, 0) is 28.4 Å². The largest absolute Gasteiger partial charge is 0.508 e. The Hall–Kier alpha value is -9.60. The number of aromatic hydroxyl groups is 5. The lowest BCUT2D eigenvalue weighted by atomic mass is 10.1. The summed E-state index contributed by atoms with van der Waals surface area (Å²) in [6, 6.07) is 39.0. The van der Waals surface area contributed by atoms with Gasteiger partial charge in [0.1, 0.15) is 86.3 Å². The van der Waals surface area contributed by atoms with E-state index in [2.05, 4.69) is 63.7 Å². The number of carbonyl (C=O) groups excluding carboxylic acids is 5. The van der Waals surface area contributed by atoms with Gasteiger partial charge in [-0.15, -0.1) is 0 Å². The number of rotatable bonds is 14. The predicted molar refractivity (Wildman–Crippen MR) is 393 cm³/mol. The first kappa shape index (κ1) is 87.0. The molecule has 0 spiro atoms. The van der Waals surface area contributed by atoms with Crippen molar-refractivity contribution in [2.45, 2.75) is 46.6 Å². The zero-order chi connectivity index (χ0) is 78.3. The number of carboxylic acids is 1. The molecule has 0 bridgehead atoms. The minimum absolute atomic E-state index is 0.0557. The number of benzene rings is 9. The Morgan fingerprint density at radius 1 is 0.377 bits per heavy atom. The van der Waals surface area contributed by atoms with Crippen LogP contribution in [0.25, 0.3) is 0 Å². The number of carboxylic acid groups (broad SMARTS) is 1. The second-order valence-electron chi connectivity index (χ2n) is 21.6. The lowest BCUT2D eigenvalue weighted by Gasteiger charge is -2.14. The van der Waals surface area contributed by atoms with Crippen molar-refractivity contribution >= 4 is 99.1 Å². The van der Waals surface area contributed by atoms with E-state index in [1.54, 1.807) is 60.7 Å². The van der Waals surface area contributed by atoms with Crippen LogP contribution in [0.5, 0.6) is 57.5 Å². The molecule has 30 heteroatoms. The van der Waals surface area contributed by atoms with Crippen molar-refractivity contribution in [1.29, 1.82) is 0 Å². The van der Waals surface area contributed by atoms with Crippen LogP contribution in [0.3, 0.4) is 0 Å². The van der Waals surface area contributed by atoms with Crippen molar-refractivity contribution in [2.24, 2.45) is 0 Å². The fourth-order valence-corrected chi connectivity index (χ4v) is 10.6. The smallest absolute Gasteiger partial charge is 0.339 e. The summed E-state index contributed by atoms with van der Waals surface area (Å²) in [7, 11) is 4.33. The molecular formula is C76H70Br4F4O22. The highest BCUT2D eigenvalue weighted by atomic mass is 79.9. The first-order valence-corrected chi connectivity index (χ1v) is 34.2. The van der Waals surface area contributed by atoms with E-state index in [1.165, 1.54) is 104 Å². The third kappa shape index (κ3) is 27.7. The summed E-state index contributed by atoms with van der Waals surface area (Å²) in [5, 5.41) is 53.6. The van der Waals surface area contributed by atoms with E-state index in [1.807, 2.05) is 18.2 Å². The number of ketones is 4. The summed E-state index contributed by atoms with van der Waals surface area (Å²) in [5.74, 6) is -1.94. The number of halogens is 8. The third-order valence-electron chi connectivity index (χ3n) is 14.1. The molecule has 3 fully saturated rings. The first-order chi connectivity index (χ1) is 50.4. The maximum Gasteiger partial charge on any atom is 0.339 e. The Labute approximate surface area is 639 Å². The molecule has 3 saturated heterocycles. The van der Waals surface area contributed by atoms with Gasteiger partial charge >= 0.3 is 5.97 Å². The van der Waals surface area contributed by atoms with Gasteiger partial charge in [0.05, 0.1) is 83.2 Å². The van der Waals surface area contributed by atoms with Crippen LogP contribution in [0.15, 0.2) is 182 Å². The molecule has 9 aromatic carbocycles. The molecule has 3 aliphatic rings. The van der Waals surface area contributed by atoms with E-state index in [0.717, 1.165) is 60.4 Å². The van der Waals surface area contributed by atoms with Gasteiger partial charge in [0.2, 0.25) is 0 Å². The van der Waals surface area contributed by atoms with Gasteiger partial charge in [-0.2, -0.15) is 0 Å². The highest BCUT2D eigenvalue weighted by Crippen LogP contribution is 2.37. The second kappa shape index (κ2) is 43.7. The van der Waals surface area contributed by atoms with Crippen LogP contribution in [0.2, 0.25) is 0 Å². The van der Waals surface area contributed by atoms with Gasteiger partial charge in [-0.25, -0.2) is 22.4 Å². The molecule has 9 aromatic rings. The Morgan fingerprint density at radius 2 is 0.670 bits per heavy atom. The molecule has 0 saturated carbocycles.